The Labute approximate surface area is 142 Å². The van der Waals surface area contributed by atoms with Gasteiger partial charge in [-0.1, -0.05) is 32.1 Å². The van der Waals surface area contributed by atoms with E-state index >= 15 is 0 Å². The Morgan fingerprint density at radius 3 is 2.54 bits per heavy atom. The van der Waals surface area contributed by atoms with Crippen LogP contribution in [0.15, 0.2) is 18.5 Å². The van der Waals surface area contributed by atoms with Gasteiger partial charge in [-0.25, -0.2) is 14.6 Å². The number of nitrogens with one attached hydrogen (secondary N) is 1. The average molecular weight is 327 g/mol. The zero-order valence-electron chi connectivity index (χ0n) is 14.5. The van der Waals surface area contributed by atoms with Crippen LogP contribution in [0.3, 0.4) is 0 Å². The summed E-state index contributed by atoms with van der Waals surface area (Å²) in [5.41, 5.74) is 2.54. The van der Waals surface area contributed by atoms with Gasteiger partial charge in [-0.3, -0.25) is 4.79 Å². The molecule has 6 nitrogen and oxygen atoms in total. The zero-order chi connectivity index (χ0) is 16.9. The van der Waals surface area contributed by atoms with E-state index in [9.17, 15) is 4.79 Å². The Balaban J connectivity index is 1.53. The van der Waals surface area contributed by atoms with Gasteiger partial charge < -0.3 is 5.32 Å². The van der Waals surface area contributed by atoms with Crippen LogP contribution >= 0.6 is 0 Å². The molecule has 0 saturated heterocycles. The van der Waals surface area contributed by atoms with E-state index in [1.165, 1.54) is 32.1 Å². The fourth-order valence-corrected chi connectivity index (χ4v) is 3.36. The maximum absolute atomic E-state index is 12.1. The van der Waals surface area contributed by atoms with Crippen LogP contribution < -0.4 is 5.32 Å². The second-order valence-electron chi connectivity index (χ2n) is 6.70. The molecule has 0 spiro atoms. The first kappa shape index (κ1) is 16.6. The third-order valence-corrected chi connectivity index (χ3v) is 4.63. The summed E-state index contributed by atoms with van der Waals surface area (Å²) in [7, 11) is 0. The summed E-state index contributed by atoms with van der Waals surface area (Å²) in [6.45, 7) is 3.90. The van der Waals surface area contributed by atoms with Crippen LogP contribution in [-0.2, 0) is 4.79 Å². The normalized spacial score (nSPS) is 15.4. The topological polar surface area (TPSA) is 72.7 Å². The van der Waals surface area contributed by atoms with Crippen molar-refractivity contribution in [1.29, 1.82) is 0 Å². The first-order valence-corrected chi connectivity index (χ1v) is 8.77. The molecule has 1 aliphatic rings. The van der Waals surface area contributed by atoms with E-state index in [0.717, 1.165) is 17.8 Å². The summed E-state index contributed by atoms with van der Waals surface area (Å²) < 4.78 is 1.70. The number of rotatable bonds is 5. The number of hydrogen-bond donors (Lipinski definition) is 1. The van der Waals surface area contributed by atoms with E-state index in [4.69, 9.17) is 0 Å². The van der Waals surface area contributed by atoms with Gasteiger partial charge in [-0.15, -0.1) is 0 Å². The van der Waals surface area contributed by atoms with Gasteiger partial charge in [0.1, 0.15) is 0 Å². The molecule has 0 aliphatic heterocycles. The minimum absolute atomic E-state index is 0.0445. The lowest BCUT2D eigenvalue weighted by molar-refractivity contribution is -0.116. The Morgan fingerprint density at radius 1 is 1.21 bits per heavy atom. The van der Waals surface area contributed by atoms with Crippen LogP contribution in [0.1, 0.15) is 56.3 Å². The molecule has 2 aromatic heterocycles. The second-order valence-corrected chi connectivity index (χ2v) is 6.70. The molecule has 0 aromatic carbocycles. The summed E-state index contributed by atoms with van der Waals surface area (Å²) in [5, 5.41) is 7.24. The smallest absolute Gasteiger partial charge is 0.250 e. The van der Waals surface area contributed by atoms with E-state index in [0.29, 0.717) is 24.0 Å². The molecule has 1 aliphatic carbocycles. The number of nitrogens with zero attached hydrogens (tertiary/aromatic N) is 4. The van der Waals surface area contributed by atoms with Crippen molar-refractivity contribution < 1.29 is 4.79 Å². The molecule has 3 rings (SSSR count). The van der Waals surface area contributed by atoms with E-state index in [1.54, 1.807) is 17.1 Å². The second kappa shape index (κ2) is 7.55. The summed E-state index contributed by atoms with van der Waals surface area (Å²) in [4.78, 5) is 20.7. The Bertz CT molecular complexity index is 686. The highest BCUT2D eigenvalue weighted by Gasteiger charge is 2.15. The highest BCUT2D eigenvalue weighted by atomic mass is 16.1. The minimum Gasteiger partial charge on any atom is -0.323 e. The summed E-state index contributed by atoms with van der Waals surface area (Å²) >= 11 is 0. The lowest BCUT2D eigenvalue weighted by Gasteiger charge is -2.20. The molecule has 2 heterocycles. The summed E-state index contributed by atoms with van der Waals surface area (Å²) in [5.74, 6) is 1.28. The quantitative estimate of drug-likeness (QED) is 0.911. The number of carbonyl (C=O) groups excluding carboxylic acids is 1. The molecule has 1 amide bonds. The maximum Gasteiger partial charge on any atom is 0.250 e. The number of anilines is 1. The van der Waals surface area contributed by atoms with Crippen LogP contribution in [0, 0.1) is 19.8 Å². The predicted molar refractivity (Wildman–Crippen MR) is 93.1 cm³/mol. The molecule has 0 bridgehead atoms. The third kappa shape index (κ3) is 4.19. The molecule has 24 heavy (non-hydrogen) atoms. The van der Waals surface area contributed by atoms with Gasteiger partial charge in [0.2, 0.25) is 5.91 Å². The molecule has 6 heteroatoms. The van der Waals surface area contributed by atoms with Crippen LogP contribution in [0.4, 0.5) is 5.69 Å². The van der Waals surface area contributed by atoms with Gasteiger partial charge in [0.15, 0.2) is 0 Å². The van der Waals surface area contributed by atoms with Crippen molar-refractivity contribution in [2.24, 2.45) is 5.92 Å². The van der Waals surface area contributed by atoms with Gasteiger partial charge in [0, 0.05) is 12.1 Å². The number of aryl methyl sites for hydroxylation is 2. The molecule has 1 fully saturated rings. The van der Waals surface area contributed by atoms with Gasteiger partial charge in [-0.2, -0.15) is 5.10 Å². The fourth-order valence-electron chi connectivity index (χ4n) is 3.36. The van der Waals surface area contributed by atoms with E-state index in [-0.39, 0.29) is 5.91 Å². The van der Waals surface area contributed by atoms with E-state index < -0.39 is 0 Å². The molecule has 0 unspecified atom stereocenters. The molecular weight excluding hydrogens is 302 g/mol. The first-order chi connectivity index (χ1) is 11.6. The summed E-state index contributed by atoms with van der Waals surface area (Å²) in [6.07, 6.45) is 11.3. The van der Waals surface area contributed by atoms with Crippen LogP contribution in [0.25, 0.3) is 5.95 Å². The van der Waals surface area contributed by atoms with Crippen molar-refractivity contribution in [3.05, 3.63) is 29.8 Å². The maximum atomic E-state index is 12.1. The molecular formula is C18H25N5O. The molecule has 0 radical (unpaired) electrons. The molecule has 1 N–H and O–H groups in total. The molecule has 2 aromatic rings. The standard InChI is InChI=1S/C18H25N5O/c1-13-10-14(2)23(22-13)18-19-11-16(12-20-18)21-17(24)9-8-15-6-4-3-5-7-15/h10-12,15H,3-9H2,1-2H3,(H,21,24). The Morgan fingerprint density at radius 2 is 1.92 bits per heavy atom. The molecule has 128 valence electrons. The Hall–Kier alpha value is -2.24. The summed E-state index contributed by atoms with van der Waals surface area (Å²) in [6, 6.07) is 1.98. The predicted octanol–water partition coefficient (Wildman–Crippen LogP) is 3.58. The highest BCUT2D eigenvalue weighted by molar-refractivity contribution is 5.90. The molecule has 0 atom stereocenters. The van der Waals surface area contributed by atoms with Gasteiger partial charge in [-0.05, 0) is 32.3 Å². The largest absolute Gasteiger partial charge is 0.323 e. The third-order valence-electron chi connectivity index (χ3n) is 4.63. The van der Waals surface area contributed by atoms with Crippen molar-refractivity contribution in [2.75, 3.05) is 5.32 Å². The van der Waals surface area contributed by atoms with Crippen LogP contribution in [0.5, 0.6) is 0 Å². The fraction of sp³-hybridized carbons (Fsp3) is 0.556. The lowest BCUT2D eigenvalue weighted by Crippen LogP contribution is -2.15. The van der Waals surface area contributed by atoms with Gasteiger partial charge in [0.25, 0.3) is 5.95 Å². The van der Waals surface area contributed by atoms with E-state index in [2.05, 4.69) is 20.4 Å². The Kier molecular flexibility index (Phi) is 5.23. The zero-order valence-corrected chi connectivity index (χ0v) is 14.5. The van der Waals surface area contributed by atoms with Crippen molar-refractivity contribution in [2.45, 2.75) is 58.8 Å². The number of aromatic nitrogens is 4. The van der Waals surface area contributed by atoms with E-state index in [1.807, 2.05) is 19.9 Å². The number of amides is 1. The van der Waals surface area contributed by atoms with Crippen molar-refractivity contribution >= 4 is 11.6 Å². The lowest BCUT2D eigenvalue weighted by atomic mass is 9.86. The number of hydrogen-bond acceptors (Lipinski definition) is 4. The monoisotopic (exact) mass is 327 g/mol. The van der Waals surface area contributed by atoms with Crippen molar-refractivity contribution in [3.63, 3.8) is 0 Å². The van der Waals surface area contributed by atoms with Gasteiger partial charge >= 0.3 is 0 Å². The highest BCUT2D eigenvalue weighted by Crippen LogP contribution is 2.27. The molecule has 1 saturated carbocycles. The van der Waals surface area contributed by atoms with Gasteiger partial charge in [0.05, 0.1) is 23.8 Å². The first-order valence-electron chi connectivity index (χ1n) is 8.77. The van der Waals surface area contributed by atoms with Crippen LogP contribution in [0.2, 0.25) is 0 Å². The average Bonchev–Trinajstić information content (AvgIpc) is 2.93. The SMILES string of the molecule is Cc1cc(C)n(-c2ncc(NC(=O)CCC3CCCCC3)cn2)n1. The minimum atomic E-state index is 0.0445. The van der Waals surface area contributed by atoms with Crippen molar-refractivity contribution in [3.8, 4) is 5.95 Å². The van der Waals surface area contributed by atoms with Crippen LogP contribution in [-0.4, -0.2) is 25.7 Å². The number of carbonyl (C=O) groups is 1. The van der Waals surface area contributed by atoms with Crippen molar-refractivity contribution in [1.82, 2.24) is 19.7 Å².